The van der Waals surface area contributed by atoms with Gasteiger partial charge in [-0.05, 0) is 54.8 Å². The van der Waals surface area contributed by atoms with Gasteiger partial charge in [0.05, 0.1) is 18.0 Å². The van der Waals surface area contributed by atoms with Crippen molar-refractivity contribution in [1.29, 1.82) is 0 Å². The lowest BCUT2D eigenvalue weighted by Gasteiger charge is -2.17. The number of nitrogens with zero attached hydrogens (tertiary/aromatic N) is 1. The third-order valence-corrected chi connectivity index (χ3v) is 5.71. The van der Waals surface area contributed by atoms with E-state index in [1.54, 1.807) is 24.3 Å². The number of hydrogen-bond donors (Lipinski definition) is 1. The number of rotatable bonds is 4. The molecule has 0 bridgehead atoms. The number of nitrogens with one attached hydrogen (secondary N) is 1. The predicted octanol–water partition coefficient (Wildman–Crippen LogP) is 3.15. The second-order valence-corrected chi connectivity index (χ2v) is 8.52. The van der Waals surface area contributed by atoms with E-state index in [0.29, 0.717) is 29.2 Å². The number of hydrogen-bond acceptors (Lipinski definition) is 3. The summed E-state index contributed by atoms with van der Waals surface area (Å²) in [5, 5.41) is 3.57. The molecule has 1 atom stereocenters. The zero-order valence-corrected chi connectivity index (χ0v) is 15.6. The Bertz CT molecular complexity index is 928. The second kappa shape index (κ2) is 6.69. The molecule has 3 rings (SSSR count). The van der Waals surface area contributed by atoms with Crippen LogP contribution in [0.5, 0.6) is 0 Å². The molecule has 2 aromatic carbocycles. The number of sulfonamides is 1. The first-order valence-electron chi connectivity index (χ1n) is 7.92. The molecule has 0 aromatic heterocycles. The Hall–Kier alpha value is -2.05. The Labute approximate surface area is 152 Å². The fourth-order valence-electron chi connectivity index (χ4n) is 3.00. The maximum absolute atomic E-state index is 12.5. The van der Waals surface area contributed by atoms with Gasteiger partial charge in [-0.25, -0.2) is 8.42 Å². The molecule has 7 heteroatoms. The zero-order chi connectivity index (χ0) is 18.2. The average Bonchev–Trinajstić information content (AvgIpc) is 2.98. The minimum absolute atomic E-state index is 0.188. The van der Waals surface area contributed by atoms with Crippen LogP contribution in [0.4, 0.5) is 5.69 Å². The molecule has 1 aliphatic rings. The normalized spacial score (nSPS) is 14.9. The summed E-state index contributed by atoms with van der Waals surface area (Å²) in [7, 11) is -3.29. The van der Waals surface area contributed by atoms with Crippen molar-refractivity contribution >= 4 is 33.2 Å². The second-order valence-electron chi connectivity index (χ2n) is 6.18. The molecule has 0 saturated heterocycles. The Morgan fingerprint density at radius 2 is 2.00 bits per heavy atom. The Morgan fingerprint density at radius 1 is 1.24 bits per heavy atom. The molecule has 25 heavy (non-hydrogen) atoms. The number of fused-ring (bicyclic) bond motifs is 1. The summed E-state index contributed by atoms with van der Waals surface area (Å²) in [6, 6.07) is 12.3. The molecule has 1 aliphatic heterocycles. The summed E-state index contributed by atoms with van der Waals surface area (Å²) in [5.41, 5.74) is 2.96. The standard InChI is InChI=1S/C18H19ClN2O3S/c1-12(13-4-3-5-16(19)11-13)20-18(22)15-6-7-17-14(10-15)8-9-21(17)25(2,23)24/h3-7,10-12H,8-9H2,1-2H3,(H,20,22)/t12-/m0/s1. The lowest BCUT2D eigenvalue weighted by atomic mass is 10.1. The van der Waals surface area contributed by atoms with Gasteiger partial charge in [-0.15, -0.1) is 0 Å². The van der Waals surface area contributed by atoms with Crippen molar-refractivity contribution < 1.29 is 13.2 Å². The van der Waals surface area contributed by atoms with Gasteiger partial charge in [0, 0.05) is 17.1 Å². The van der Waals surface area contributed by atoms with E-state index >= 15 is 0 Å². The van der Waals surface area contributed by atoms with Crippen LogP contribution < -0.4 is 9.62 Å². The van der Waals surface area contributed by atoms with Crippen LogP contribution in [-0.2, 0) is 16.4 Å². The van der Waals surface area contributed by atoms with Crippen molar-refractivity contribution in [1.82, 2.24) is 5.32 Å². The summed E-state index contributed by atoms with van der Waals surface area (Å²) < 4.78 is 24.9. The summed E-state index contributed by atoms with van der Waals surface area (Å²) in [4.78, 5) is 12.5. The van der Waals surface area contributed by atoms with Crippen LogP contribution in [0.3, 0.4) is 0 Å². The molecular formula is C18H19ClN2O3S. The predicted molar refractivity (Wildman–Crippen MR) is 99.7 cm³/mol. The Kier molecular flexibility index (Phi) is 4.75. The van der Waals surface area contributed by atoms with Crippen LogP contribution in [0.1, 0.15) is 34.5 Å². The van der Waals surface area contributed by atoms with Gasteiger partial charge in [0.25, 0.3) is 5.91 Å². The molecule has 0 saturated carbocycles. The Morgan fingerprint density at radius 3 is 2.68 bits per heavy atom. The minimum atomic E-state index is -3.29. The van der Waals surface area contributed by atoms with E-state index < -0.39 is 10.0 Å². The largest absolute Gasteiger partial charge is 0.346 e. The first-order valence-corrected chi connectivity index (χ1v) is 10.2. The van der Waals surface area contributed by atoms with Crippen molar-refractivity contribution in [2.24, 2.45) is 0 Å². The highest BCUT2D eigenvalue weighted by Gasteiger charge is 2.26. The SMILES string of the molecule is C[C@H](NC(=O)c1ccc2c(c1)CCN2S(C)(=O)=O)c1cccc(Cl)c1. The highest BCUT2D eigenvalue weighted by Crippen LogP contribution is 2.30. The lowest BCUT2D eigenvalue weighted by Crippen LogP contribution is -2.28. The Balaban J connectivity index is 1.78. The monoisotopic (exact) mass is 378 g/mol. The summed E-state index contributed by atoms with van der Waals surface area (Å²) in [6.45, 7) is 2.31. The van der Waals surface area contributed by atoms with Gasteiger partial charge in [-0.3, -0.25) is 9.10 Å². The number of anilines is 1. The fraction of sp³-hybridized carbons (Fsp3) is 0.278. The van der Waals surface area contributed by atoms with Gasteiger partial charge in [0.1, 0.15) is 0 Å². The van der Waals surface area contributed by atoms with Crippen LogP contribution in [0.15, 0.2) is 42.5 Å². The van der Waals surface area contributed by atoms with Crippen molar-refractivity contribution in [2.45, 2.75) is 19.4 Å². The van der Waals surface area contributed by atoms with Crippen molar-refractivity contribution in [2.75, 3.05) is 17.1 Å². The lowest BCUT2D eigenvalue weighted by molar-refractivity contribution is 0.0940. The van der Waals surface area contributed by atoms with Crippen LogP contribution in [-0.4, -0.2) is 27.1 Å². The molecule has 0 radical (unpaired) electrons. The van der Waals surface area contributed by atoms with Gasteiger partial charge >= 0.3 is 0 Å². The third-order valence-electron chi connectivity index (χ3n) is 4.29. The first kappa shape index (κ1) is 17.8. The summed E-state index contributed by atoms with van der Waals surface area (Å²) in [6.07, 6.45) is 1.79. The average molecular weight is 379 g/mol. The highest BCUT2D eigenvalue weighted by atomic mass is 35.5. The van der Waals surface area contributed by atoms with E-state index in [-0.39, 0.29) is 11.9 Å². The number of carbonyl (C=O) groups is 1. The maximum atomic E-state index is 12.5. The van der Waals surface area contributed by atoms with Gasteiger partial charge < -0.3 is 5.32 Å². The van der Waals surface area contributed by atoms with Gasteiger partial charge in [0.2, 0.25) is 10.0 Å². The van der Waals surface area contributed by atoms with Crippen LogP contribution in [0, 0.1) is 0 Å². The van der Waals surface area contributed by atoms with E-state index in [1.807, 2.05) is 25.1 Å². The van der Waals surface area contributed by atoms with Crippen LogP contribution >= 0.6 is 11.6 Å². The van der Waals surface area contributed by atoms with Crippen LogP contribution in [0.2, 0.25) is 5.02 Å². The smallest absolute Gasteiger partial charge is 0.251 e. The number of halogens is 1. The molecule has 2 aromatic rings. The molecule has 1 heterocycles. The van der Waals surface area contributed by atoms with Gasteiger partial charge in [-0.1, -0.05) is 23.7 Å². The zero-order valence-electron chi connectivity index (χ0n) is 14.0. The van der Waals surface area contributed by atoms with E-state index in [9.17, 15) is 13.2 Å². The highest BCUT2D eigenvalue weighted by molar-refractivity contribution is 7.92. The third kappa shape index (κ3) is 3.80. The van der Waals surface area contributed by atoms with E-state index in [0.717, 1.165) is 11.1 Å². The van der Waals surface area contributed by atoms with E-state index in [1.165, 1.54) is 10.6 Å². The summed E-state index contributed by atoms with van der Waals surface area (Å²) in [5.74, 6) is -0.201. The molecule has 0 fully saturated rings. The van der Waals surface area contributed by atoms with Crippen molar-refractivity contribution in [3.8, 4) is 0 Å². The quantitative estimate of drug-likeness (QED) is 0.888. The molecule has 132 valence electrons. The number of amides is 1. The molecule has 5 nitrogen and oxygen atoms in total. The first-order chi connectivity index (χ1) is 11.8. The van der Waals surface area contributed by atoms with Crippen molar-refractivity contribution in [3.63, 3.8) is 0 Å². The molecular weight excluding hydrogens is 360 g/mol. The summed E-state index contributed by atoms with van der Waals surface area (Å²) >= 11 is 5.99. The molecule has 0 spiro atoms. The molecule has 1 N–H and O–H groups in total. The topological polar surface area (TPSA) is 66.5 Å². The van der Waals surface area contributed by atoms with Crippen molar-refractivity contribution in [3.05, 3.63) is 64.2 Å². The van der Waals surface area contributed by atoms with Gasteiger partial charge in [-0.2, -0.15) is 0 Å². The van der Waals surface area contributed by atoms with Gasteiger partial charge in [0.15, 0.2) is 0 Å². The molecule has 0 aliphatic carbocycles. The number of carbonyl (C=O) groups excluding carboxylic acids is 1. The number of benzene rings is 2. The van der Waals surface area contributed by atoms with E-state index in [2.05, 4.69) is 5.32 Å². The van der Waals surface area contributed by atoms with E-state index in [4.69, 9.17) is 11.6 Å². The minimum Gasteiger partial charge on any atom is -0.346 e. The molecule has 0 unspecified atom stereocenters. The molecule has 1 amide bonds. The maximum Gasteiger partial charge on any atom is 0.251 e. The van der Waals surface area contributed by atoms with Crippen LogP contribution in [0.25, 0.3) is 0 Å². The fourth-order valence-corrected chi connectivity index (χ4v) is 4.15.